The molecule has 5 nitrogen and oxygen atoms in total. The maximum atomic E-state index is 4.53. The van der Waals surface area contributed by atoms with E-state index in [1.165, 1.54) is 11.3 Å². The van der Waals surface area contributed by atoms with Crippen LogP contribution in [0.4, 0.5) is 0 Å². The molecule has 0 amide bonds. The van der Waals surface area contributed by atoms with Gasteiger partial charge in [-0.3, -0.25) is 9.36 Å². The Kier molecular flexibility index (Phi) is 6.42. The molecule has 2 aromatic rings. The van der Waals surface area contributed by atoms with Crippen LogP contribution in [-0.4, -0.2) is 19.6 Å². The highest BCUT2D eigenvalue weighted by Crippen LogP contribution is 2.11. The second kappa shape index (κ2) is 7.61. The van der Waals surface area contributed by atoms with Gasteiger partial charge in [0.15, 0.2) is 0 Å². The molecule has 0 unspecified atom stereocenters. The van der Waals surface area contributed by atoms with E-state index < -0.39 is 0 Å². The Hall–Kier alpha value is -1.33. The minimum Gasteiger partial charge on any atom is -0.307 e. The van der Waals surface area contributed by atoms with E-state index in [0.29, 0.717) is 12.1 Å². The normalized spacial score (nSPS) is 11.2. The average Bonchev–Trinajstić information content (AvgIpc) is 2.97. The molecule has 0 spiro atoms. The Morgan fingerprint density at radius 2 is 1.86 bits per heavy atom. The molecule has 0 fully saturated rings. The fraction of sp³-hybridized carbons (Fsp3) is 0.600. The first-order chi connectivity index (χ1) is 9.49. The molecule has 118 valence electrons. The molecule has 0 saturated carbocycles. The van der Waals surface area contributed by atoms with Crippen LogP contribution in [0.1, 0.15) is 56.7 Å². The summed E-state index contributed by atoms with van der Waals surface area (Å²) in [7, 11) is 0. The van der Waals surface area contributed by atoms with Crippen LogP contribution in [0.2, 0.25) is 0 Å². The van der Waals surface area contributed by atoms with Crippen molar-refractivity contribution in [2.45, 2.75) is 59.8 Å². The highest BCUT2D eigenvalue weighted by molar-refractivity contribution is 5.85. The van der Waals surface area contributed by atoms with Crippen LogP contribution in [0.25, 0.3) is 0 Å². The molecule has 0 aliphatic rings. The van der Waals surface area contributed by atoms with Crippen molar-refractivity contribution in [2.24, 2.45) is 0 Å². The first-order valence-corrected chi connectivity index (χ1v) is 7.26. The van der Waals surface area contributed by atoms with Crippen LogP contribution in [0, 0.1) is 6.92 Å². The summed E-state index contributed by atoms with van der Waals surface area (Å²) in [6.07, 6.45) is 3.99. The fourth-order valence-corrected chi connectivity index (χ4v) is 2.23. The van der Waals surface area contributed by atoms with E-state index in [1.54, 1.807) is 0 Å². The molecule has 0 radical (unpaired) electrons. The van der Waals surface area contributed by atoms with Crippen molar-refractivity contribution in [3.05, 3.63) is 35.4 Å². The first-order valence-electron chi connectivity index (χ1n) is 7.26. The van der Waals surface area contributed by atoms with Crippen molar-refractivity contribution >= 4 is 12.4 Å². The van der Waals surface area contributed by atoms with E-state index in [1.807, 2.05) is 10.9 Å². The Morgan fingerprint density at radius 1 is 1.14 bits per heavy atom. The maximum Gasteiger partial charge on any atom is 0.0638 e. The van der Waals surface area contributed by atoms with E-state index in [0.717, 1.165) is 18.8 Å². The summed E-state index contributed by atoms with van der Waals surface area (Å²) < 4.78 is 4.07. The molecule has 0 aliphatic carbocycles. The van der Waals surface area contributed by atoms with Crippen LogP contribution in [0.3, 0.4) is 0 Å². The molecule has 1 N–H and O–H groups in total. The van der Waals surface area contributed by atoms with Crippen LogP contribution in [-0.2, 0) is 13.1 Å². The molecule has 0 saturated heterocycles. The number of nitrogens with zero attached hydrogens (tertiary/aromatic N) is 4. The quantitative estimate of drug-likeness (QED) is 0.890. The summed E-state index contributed by atoms with van der Waals surface area (Å²) in [4.78, 5) is 0. The van der Waals surface area contributed by atoms with Gasteiger partial charge in [0.2, 0.25) is 0 Å². The van der Waals surface area contributed by atoms with Gasteiger partial charge < -0.3 is 5.32 Å². The van der Waals surface area contributed by atoms with Crippen molar-refractivity contribution in [3.8, 4) is 0 Å². The summed E-state index contributed by atoms with van der Waals surface area (Å²) in [5.41, 5.74) is 3.58. The third-order valence-electron chi connectivity index (χ3n) is 3.41. The molecule has 0 aliphatic heterocycles. The summed E-state index contributed by atoms with van der Waals surface area (Å²) in [5.74, 6) is 0. The number of aryl methyl sites for hydroxylation is 1. The third kappa shape index (κ3) is 4.32. The zero-order chi connectivity index (χ0) is 14.7. The van der Waals surface area contributed by atoms with Crippen molar-refractivity contribution < 1.29 is 0 Å². The van der Waals surface area contributed by atoms with Gasteiger partial charge in [0, 0.05) is 43.1 Å². The van der Waals surface area contributed by atoms with E-state index in [9.17, 15) is 0 Å². The van der Waals surface area contributed by atoms with Gasteiger partial charge in [-0.25, -0.2) is 0 Å². The number of halogens is 1. The van der Waals surface area contributed by atoms with Gasteiger partial charge in [0.25, 0.3) is 0 Å². The Balaban J connectivity index is 0.00000220. The monoisotopic (exact) mass is 311 g/mol. The fourth-order valence-electron chi connectivity index (χ4n) is 2.23. The Bertz CT molecular complexity index is 556. The van der Waals surface area contributed by atoms with Crippen molar-refractivity contribution in [2.75, 3.05) is 0 Å². The van der Waals surface area contributed by atoms with E-state index in [-0.39, 0.29) is 12.4 Å². The molecule has 0 atom stereocenters. The molecule has 0 aromatic carbocycles. The molecule has 6 heteroatoms. The lowest BCUT2D eigenvalue weighted by atomic mass is 10.2. The lowest BCUT2D eigenvalue weighted by Crippen LogP contribution is -2.17. The third-order valence-corrected chi connectivity index (χ3v) is 3.41. The Morgan fingerprint density at radius 3 is 2.43 bits per heavy atom. The molecule has 2 rings (SSSR count). The molecule has 2 aromatic heterocycles. The lowest BCUT2D eigenvalue weighted by Gasteiger charge is -2.11. The standard InChI is InChI=1S/C15H25N5.ClH/c1-11(2)19-10-14(13(5)18-19)8-16-9-15-6-7-17-20(15)12(3)4;/h6-7,10-12,16H,8-9H2,1-5H3;1H. The molecule has 2 heterocycles. The van der Waals surface area contributed by atoms with Gasteiger partial charge in [0.1, 0.15) is 0 Å². The highest BCUT2D eigenvalue weighted by Gasteiger charge is 2.08. The predicted molar refractivity (Wildman–Crippen MR) is 87.8 cm³/mol. The van der Waals surface area contributed by atoms with Crippen molar-refractivity contribution in [3.63, 3.8) is 0 Å². The highest BCUT2D eigenvalue weighted by atomic mass is 35.5. The Labute approximate surface area is 133 Å². The zero-order valence-corrected chi connectivity index (χ0v) is 14.3. The predicted octanol–water partition coefficient (Wildman–Crippen LogP) is 3.26. The van der Waals surface area contributed by atoms with Gasteiger partial charge in [-0.2, -0.15) is 10.2 Å². The smallest absolute Gasteiger partial charge is 0.0638 e. The van der Waals surface area contributed by atoms with Crippen molar-refractivity contribution in [1.82, 2.24) is 24.9 Å². The minimum absolute atomic E-state index is 0. The van der Waals surface area contributed by atoms with Crippen LogP contribution in [0.5, 0.6) is 0 Å². The van der Waals surface area contributed by atoms with Gasteiger partial charge in [0.05, 0.1) is 11.4 Å². The second-order valence-electron chi connectivity index (χ2n) is 5.78. The second-order valence-corrected chi connectivity index (χ2v) is 5.78. The maximum absolute atomic E-state index is 4.53. The summed E-state index contributed by atoms with van der Waals surface area (Å²) in [6, 6.07) is 2.87. The van der Waals surface area contributed by atoms with E-state index >= 15 is 0 Å². The van der Waals surface area contributed by atoms with E-state index in [2.05, 4.69) is 67.1 Å². The number of aromatic nitrogens is 4. The number of hydrogen-bond acceptors (Lipinski definition) is 3. The lowest BCUT2D eigenvalue weighted by molar-refractivity contribution is 0.495. The summed E-state index contributed by atoms with van der Waals surface area (Å²) in [6.45, 7) is 12.3. The largest absolute Gasteiger partial charge is 0.307 e. The molecule has 0 bridgehead atoms. The van der Waals surface area contributed by atoms with Crippen LogP contribution >= 0.6 is 12.4 Å². The SMILES string of the molecule is Cc1nn(C(C)C)cc1CNCc1ccnn1C(C)C.Cl. The van der Waals surface area contributed by atoms with Crippen LogP contribution in [0.15, 0.2) is 18.5 Å². The zero-order valence-electron chi connectivity index (χ0n) is 13.5. The van der Waals surface area contributed by atoms with Crippen LogP contribution < -0.4 is 5.32 Å². The minimum atomic E-state index is 0. The molecule has 21 heavy (non-hydrogen) atoms. The first kappa shape index (κ1) is 17.7. The van der Waals surface area contributed by atoms with Crippen molar-refractivity contribution in [1.29, 1.82) is 0 Å². The number of hydrogen-bond donors (Lipinski definition) is 1. The van der Waals surface area contributed by atoms with Gasteiger partial charge in [-0.1, -0.05) is 0 Å². The summed E-state index contributed by atoms with van der Waals surface area (Å²) in [5, 5.41) is 12.4. The summed E-state index contributed by atoms with van der Waals surface area (Å²) >= 11 is 0. The molecular formula is C15H26ClN5. The number of rotatable bonds is 6. The topological polar surface area (TPSA) is 47.7 Å². The average molecular weight is 312 g/mol. The van der Waals surface area contributed by atoms with Gasteiger partial charge in [-0.05, 0) is 40.7 Å². The molecular weight excluding hydrogens is 286 g/mol. The number of nitrogens with one attached hydrogen (secondary N) is 1. The van der Waals surface area contributed by atoms with E-state index in [4.69, 9.17) is 0 Å². The van der Waals surface area contributed by atoms with Gasteiger partial charge in [-0.15, -0.1) is 12.4 Å². The van der Waals surface area contributed by atoms with Gasteiger partial charge >= 0.3 is 0 Å².